The Hall–Kier alpha value is -2.67. The van der Waals surface area contributed by atoms with E-state index in [1.165, 1.54) is 0 Å². The Labute approximate surface area is 118 Å². The summed E-state index contributed by atoms with van der Waals surface area (Å²) in [5, 5.41) is 2.24. The molecule has 0 saturated carbocycles. The molecule has 0 saturated heterocycles. The van der Waals surface area contributed by atoms with Crippen molar-refractivity contribution in [2.45, 2.75) is 0 Å². The molecule has 96 valence electrons. The van der Waals surface area contributed by atoms with Crippen molar-refractivity contribution >= 4 is 22.6 Å². The molecule has 20 heavy (non-hydrogen) atoms. The summed E-state index contributed by atoms with van der Waals surface area (Å²) in [4.78, 5) is 12.2. The van der Waals surface area contributed by atoms with Crippen LogP contribution in [-0.2, 0) is 0 Å². The summed E-state index contributed by atoms with van der Waals surface area (Å²) < 4.78 is 0. The van der Waals surface area contributed by atoms with Gasteiger partial charge in [-0.05, 0) is 28.5 Å². The van der Waals surface area contributed by atoms with Gasteiger partial charge in [-0.2, -0.15) is 0 Å². The normalized spacial score (nSPS) is 11.0. The molecule has 0 fully saturated rings. The second kappa shape index (κ2) is 5.54. The van der Waals surface area contributed by atoms with E-state index < -0.39 is 0 Å². The third-order valence-corrected chi connectivity index (χ3v) is 3.26. The largest absolute Gasteiger partial charge is 0.289 e. The fraction of sp³-hybridized carbons (Fsp3) is 0. The van der Waals surface area contributed by atoms with Gasteiger partial charge in [-0.3, -0.25) is 4.79 Å². The number of hydrogen-bond donors (Lipinski definition) is 0. The van der Waals surface area contributed by atoms with Gasteiger partial charge in [0.25, 0.3) is 0 Å². The molecule has 3 aromatic rings. The lowest BCUT2D eigenvalue weighted by molar-refractivity contribution is 0.104. The molecule has 0 atom stereocenters. The number of ketones is 1. The van der Waals surface area contributed by atoms with Crippen molar-refractivity contribution in [3.8, 4) is 0 Å². The lowest BCUT2D eigenvalue weighted by Gasteiger charge is -2.00. The summed E-state index contributed by atoms with van der Waals surface area (Å²) in [6, 6.07) is 23.7. The van der Waals surface area contributed by atoms with Crippen LogP contribution < -0.4 is 0 Å². The molecule has 0 radical (unpaired) electrons. The highest BCUT2D eigenvalue weighted by atomic mass is 16.1. The van der Waals surface area contributed by atoms with Crippen LogP contribution in [0.25, 0.3) is 16.8 Å². The van der Waals surface area contributed by atoms with Crippen LogP contribution in [0.3, 0.4) is 0 Å². The fourth-order valence-corrected chi connectivity index (χ4v) is 2.17. The van der Waals surface area contributed by atoms with Crippen LogP contribution in [0.4, 0.5) is 0 Å². The van der Waals surface area contributed by atoms with E-state index >= 15 is 0 Å². The topological polar surface area (TPSA) is 17.1 Å². The first-order valence-corrected chi connectivity index (χ1v) is 6.59. The predicted octanol–water partition coefficient (Wildman–Crippen LogP) is 4.74. The van der Waals surface area contributed by atoms with Crippen LogP contribution >= 0.6 is 0 Å². The maximum atomic E-state index is 12.2. The minimum atomic E-state index is 0.0274. The average Bonchev–Trinajstić information content (AvgIpc) is 2.53. The summed E-state index contributed by atoms with van der Waals surface area (Å²) >= 11 is 0. The number of fused-ring (bicyclic) bond motifs is 1. The zero-order valence-electron chi connectivity index (χ0n) is 11.0. The summed E-state index contributed by atoms with van der Waals surface area (Å²) in [6.07, 6.45) is 3.47. The Morgan fingerprint density at radius 1 is 0.750 bits per heavy atom. The van der Waals surface area contributed by atoms with Gasteiger partial charge in [0.15, 0.2) is 5.78 Å². The molecule has 0 aliphatic heterocycles. The van der Waals surface area contributed by atoms with Gasteiger partial charge in [-0.1, -0.05) is 72.8 Å². The maximum absolute atomic E-state index is 12.2. The molecule has 0 amide bonds. The van der Waals surface area contributed by atoms with Gasteiger partial charge < -0.3 is 0 Å². The van der Waals surface area contributed by atoms with E-state index in [1.807, 2.05) is 78.9 Å². The molecular formula is C19H14O. The van der Waals surface area contributed by atoms with Gasteiger partial charge in [0.1, 0.15) is 0 Å². The predicted molar refractivity (Wildman–Crippen MR) is 83.8 cm³/mol. The van der Waals surface area contributed by atoms with E-state index in [-0.39, 0.29) is 5.78 Å². The van der Waals surface area contributed by atoms with Crippen LogP contribution in [0.5, 0.6) is 0 Å². The Balaban J connectivity index is 1.87. The molecule has 0 spiro atoms. The summed E-state index contributed by atoms with van der Waals surface area (Å²) in [5.41, 5.74) is 1.75. The van der Waals surface area contributed by atoms with Crippen molar-refractivity contribution in [1.29, 1.82) is 0 Å². The van der Waals surface area contributed by atoms with E-state index in [9.17, 15) is 4.79 Å². The Morgan fingerprint density at radius 2 is 1.45 bits per heavy atom. The number of carbonyl (C=O) groups is 1. The number of rotatable bonds is 3. The van der Waals surface area contributed by atoms with Crippen molar-refractivity contribution in [2.75, 3.05) is 0 Å². The number of allylic oxidation sites excluding steroid dienone is 1. The lowest BCUT2D eigenvalue weighted by atomic mass is 10.0. The van der Waals surface area contributed by atoms with Crippen LogP contribution in [0.1, 0.15) is 15.9 Å². The van der Waals surface area contributed by atoms with Gasteiger partial charge in [0, 0.05) is 5.56 Å². The maximum Gasteiger partial charge on any atom is 0.185 e. The first kappa shape index (κ1) is 12.4. The highest BCUT2D eigenvalue weighted by Gasteiger charge is 2.02. The molecule has 0 unspecified atom stereocenters. The summed E-state index contributed by atoms with van der Waals surface area (Å²) in [6.45, 7) is 0. The quantitative estimate of drug-likeness (QED) is 0.490. The third kappa shape index (κ3) is 2.67. The molecular weight excluding hydrogens is 244 g/mol. The van der Waals surface area contributed by atoms with Crippen LogP contribution in [0.2, 0.25) is 0 Å². The highest BCUT2D eigenvalue weighted by molar-refractivity contribution is 6.08. The molecule has 0 heterocycles. The minimum absolute atomic E-state index is 0.0274. The smallest absolute Gasteiger partial charge is 0.185 e. The Morgan fingerprint density at radius 3 is 2.25 bits per heavy atom. The van der Waals surface area contributed by atoms with E-state index in [0.717, 1.165) is 21.9 Å². The van der Waals surface area contributed by atoms with Gasteiger partial charge in [-0.25, -0.2) is 0 Å². The van der Waals surface area contributed by atoms with E-state index in [0.29, 0.717) is 0 Å². The zero-order chi connectivity index (χ0) is 13.8. The third-order valence-electron chi connectivity index (χ3n) is 3.26. The van der Waals surface area contributed by atoms with E-state index in [4.69, 9.17) is 0 Å². The molecule has 0 bridgehead atoms. The highest BCUT2D eigenvalue weighted by Crippen LogP contribution is 2.16. The molecule has 3 aromatic carbocycles. The van der Waals surface area contributed by atoms with Crippen molar-refractivity contribution in [2.24, 2.45) is 0 Å². The van der Waals surface area contributed by atoms with Crippen LogP contribution in [0, 0.1) is 0 Å². The average molecular weight is 258 g/mol. The second-order valence-corrected chi connectivity index (χ2v) is 4.67. The van der Waals surface area contributed by atoms with Gasteiger partial charge in [0.2, 0.25) is 0 Å². The van der Waals surface area contributed by atoms with Crippen molar-refractivity contribution in [3.05, 3.63) is 90.0 Å². The molecule has 1 heteroatoms. The van der Waals surface area contributed by atoms with Gasteiger partial charge >= 0.3 is 0 Å². The monoisotopic (exact) mass is 258 g/mol. The summed E-state index contributed by atoms with van der Waals surface area (Å²) in [7, 11) is 0. The number of hydrogen-bond acceptors (Lipinski definition) is 1. The van der Waals surface area contributed by atoms with Crippen molar-refractivity contribution in [3.63, 3.8) is 0 Å². The summed E-state index contributed by atoms with van der Waals surface area (Å²) in [5.74, 6) is 0.0274. The van der Waals surface area contributed by atoms with E-state index in [1.54, 1.807) is 6.08 Å². The second-order valence-electron chi connectivity index (χ2n) is 4.67. The van der Waals surface area contributed by atoms with Crippen molar-refractivity contribution in [1.82, 2.24) is 0 Å². The molecule has 0 aromatic heterocycles. The molecule has 3 rings (SSSR count). The minimum Gasteiger partial charge on any atom is -0.289 e. The molecule has 0 N–H and O–H groups in total. The first-order valence-electron chi connectivity index (χ1n) is 6.59. The van der Waals surface area contributed by atoms with Gasteiger partial charge in [0.05, 0.1) is 0 Å². The van der Waals surface area contributed by atoms with E-state index in [2.05, 4.69) is 0 Å². The number of benzene rings is 3. The van der Waals surface area contributed by atoms with Crippen molar-refractivity contribution < 1.29 is 4.79 Å². The van der Waals surface area contributed by atoms with Gasteiger partial charge in [-0.15, -0.1) is 0 Å². The number of carbonyl (C=O) groups excluding carboxylic acids is 1. The Kier molecular flexibility index (Phi) is 3.42. The standard InChI is InChI=1S/C19H14O/c20-19(13-10-15-6-2-1-3-7-15)18-12-11-16-8-4-5-9-17(16)14-18/h1-14H. The van der Waals surface area contributed by atoms with Crippen LogP contribution in [0.15, 0.2) is 78.9 Å². The molecule has 0 aliphatic rings. The van der Waals surface area contributed by atoms with Crippen LogP contribution in [-0.4, -0.2) is 5.78 Å². The lowest BCUT2D eigenvalue weighted by Crippen LogP contribution is -1.93. The Bertz CT molecular complexity index is 770. The molecule has 1 nitrogen and oxygen atoms in total. The SMILES string of the molecule is O=C(C=Cc1ccccc1)c1ccc2ccccc2c1. The molecule has 0 aliphatic carbocycles. The first-order chi connectivity index (χ1) is 9.83. The fourth-order valence-electron chi connectivity index (χ4n) is 2.17. The zero-order valence-corrected chi connectivity index (χ0v) is 11.0.